The van der Waals surface area contributed by atoms with Crippen LogP contribution < -0.4 is 0 Å². The number of nitrogens with zero attached hydrogens (tertiary/aromatic N) is 3. The summed E-state index contributed by atoms with van der Waals surface area (Å²) in [6.07, 6.45) is 11.2. The van der Waals surface area contributed by atoms with Crippen LogP contribution in [0.25, 0.3) is 0 Å². The lowest BCUT2D eigenvalue weighted by molar-refractivity contribution is 0.317. The maximum Gasteiger partial charge on any atom is 0.0991 e. The zero-order valence-electron chi connectivity index (χ0n) is 22.0. The summed E-state index contributed by atoms with van der Waals surface area (Å²) in [6.45, 7) is 10.4. The molecule has 2 aliphatic rings. The van der Waals surface area contributed by atoms with Gasteiger partial charge in [-0.1, -0.05) is 44.2 Å². The van der Waals surface area contributed by atoms with E-state index in [4.69, 9.17) is 10.3 Å². The highest BCUT2D eigenvalue weighted by Gasteiger charge is 2.27. The van der Waals surface area contributed by atoms with Gasteiger partial charge in [-0.15, -0.1) is 8.86 Å². The van der Waals surface area contributed by atoms with E-state index in [0.29, 0.717) is 11.8 Å². The SMILES string of the molecule is C=C/C(=C\C(=NC)c1cc(C(=P)N2CCC(c3ccc(C#N)cc3)CC2)c(C)cc1C1CCC1)CC. The molecule has 1 aliphatic carbocycles. The van der Waals surface area contributed by atoms with Crippen LogP contribution in [0, 0.1) is 18.3 Å². The highest BCUT2D eigenvalue weighted by atomic mass is 31.0. The van der Waals surface area contributed by atoms with E-state index in [1.54, 1.807) is 0 Å². The Hall–Kier alpha value is -2.79. The predicted octanol–water partition coefficient (Wildman–Crippen LogP) is 7.58. The van der Waals surface area contributed by atoms with Gasteiger partial charge in [0.1, 0.15) is 0 Å². The molecule has 0 spiro atoms. The number of likely N-dealkylation sites (tertiary alicyclic amines) is 1. The third kappa shape index (κ3) is 5.62. The zero-order valence-corrected chi connectivity index (χ0v) is 23.0. The van der Waals surface area contributed by atoms with Gasteiger partial charge in [0.15, 0.2) is 0 Å². The molecule has 0 atom stereocenters. The van der Waals surface area contributed by atoms with Gasteiger partial charge >= 0.3 is 0 Å². The van der Waals surface area contributed by atoms with Crippen LogP contribution in [0.4, 0.5) is 0 Å². The molecule has 1 aliphatic heterocycles. The number of rotatable bonds is 8. The summed E-state index contributed by atoms with van der Waals surface area (Å²) in [5, 5.41) is 9.09. The van der Waals surface area contributed by atoms with Gasteiger partial charge in [0, 0.05) is 36.7 Å². The molecule has 0 bridgehead atoms. The molecule has 4 rings (SSSR count). The van der Waals surface area contributed by atoms with E-state index in [2.05, 4.69) is 70.6 Å². The van der Waals surface area contributed by atoms with E-state index in [9.17, 15) is 0 Å². The highest BCUT2D eigenvalue weighted by molar-refractivity contribution is 7.21. The lowest BCUT2D eigenvalue weighted by Gasteiger charge is -2.34. The van der Waals surface area contributed by atoms with Crippen LogP contribution in [0.15, 0.2) is 65.7 Å². The molecule has 3 nitrogen and oxygen atoms in total. The largest absolute Gasteiger partial charge is 0.288 e. The summed E-state index contributed by atoms with van der Waals surface area (Å²) in [7, 11) is 5.97. The Labute approximate surface area is 219 Å². The second kappa shape index (κ2) is 12.0. The Morgan fingerprint density at radius 3 is 2.33 bits per heavy atom. The van der Waals surface area contributed by atoms with Crippen molar-refractivity contribution < 1.29 is 0 Å². The summed E-state index contributed by atoms with van der Waals surface area (Å²) in [6, 6.07) is 15.1. The molecule has 186 valence electrons. The number of nitriles is 1. The van der Waals surface area contributed by atoms with Gasteiger partial charge in [-0.2, -0.15) is 5.26 Å². The van der Waals surface area contributed by atoms with Crippen LogP contribution in [0.1, 0.15) is 90.7 Å². The van der Waals surface area contributed by atoms with Crippen molar-refractivity contribution in [2.24, 2.45) is 4.99 Å². The minimum atomic E-state index is 0.543. The van der Waals surface area contributed by atoms with Gasteiger partial charge in [-0.05, 0) is 97.4 Å². The van der Waals surface area contributed by atoms with E-state index in [1.165, 1.54) is 58.1 Å². The molecule has 0 aromatic heterocycles. The minimum absolute atomic E-state index is 0.543. The topological polar surface area (TPSA) is 39.4 Å². The van der Waals surface area contributed by atoms with Crippen LogP contribution in [0.2, 0.25) is 0 Å². The molecule has 2 aromatic carbocycles. The molecule has 0 N–H and O–H groups in total. The fraction of sp³-hybridized carbons (Fsp3) is 0.406. The smallest absolute Gasteiger partial charge is 0.0991 e. The van der Waals surface area contributed by atoms with Gasteiger partial charge in [-0.3, -0.25) is 9.89 Å². The van der Waals surface area contributed by atoms with Crippen LogP contribution in [0.5, 0.6) is 0 Å². The van der Waals surface area contributed by atoms with Crippen LogP contribution in [0.3, 0.4) is 0 Å². The predicted molar refractivity (Wildman–Crippen MR) is 156 cm³/mol. The first-order valence-corrected chi connectivity index (χ1v) is 13.8. The first-order valence-electron chi connectivity index (χ1n) is 13.3. The normalized spacial score (nSPS) is 17.9. The number of hydrogen-bond donors (Lipinski definition) is 0. The molecule has 2 fully saturated rings. The van der Waals surface area contributed by atoms with Crippen molar-refractivity contribution in [1.82, 2.24) is 4.90 Å². The quantitative estimate of drug-likeness (QED) is 0.215. The second-order valence-electron chi connectivity index (χ2n) is 10.1. The van der Waals surface area contributed by atoms with Crippen molar-refractivity contribution in [3.05, 3.63) is 94.1 Å². The van der Waals surface area contributed by atoms with Crippen LogP contribution in [-0.2, 0) is 0 Å². The van der Waals surface area contributed by atoms with E-state index in [-0.39, 0.29) is 0 Å². The van der Waals surface area contributed by atoms with Gasteiger partial charge in [0.05, 0.1) is 17.3 Å². The Bertz CT molecular complexity index is 1220. The maximum absolute atomic E-state index is 9.09. The van der Waals surface area contributed by atoms with Gasteiger partial charge in [0.25, 0.3) is 0 Å². The maximum atomic E-state index is 9.09. The molecular weight excluding hydrogens is 457 g/mol. The number of aliphatic imine (C=N–C) groups is 1. The van der Waals surface area contributed by atoms with Crippen molar-refractivity contribution >= 4 is 20.0 Å². The van der Waals surface area contributed by atoms with E-state index in [1.807, 2.05) is 25.3 Å². The van der Waals surface area contributed by atoms with Crippen LogP contribution >= 0.6 is 8.86 Å². The monoisotopic (exact) mass is 495 g/mol. The zero-order chi connectivity index (χ0) is 25.7. The minimum Gasteiger partial charge on any atom is -0.288 e. The molecule has 1 saturated heterocycles. The lowest BCUT2D eigenvalue weighted by Crippen LogP contribution is -2.37. The highest BCUT2D eigenvalue weighted by Crippen LogP contribution is 2.40. The third-order valence-corrected chi connectivity index (χ3v) is 8.61. The van der Waals surface area contributed by atoms with Crippen molar-refractivity contribution in [1.29, 1.82) is 5.26 Å². The summed E-state index contributed by atoms with van der Waals surface area (Å²) in [5.74, 6) is 1.18. The summed E-state index contributed by atoms with van der Waals surface area (Å²) in [5.41, 5.74) is 10.8. The van der Waals surface area contributed by atoms with E-state index < -0.39 is 0 Å². The van der Waals surface area contributed by atoms with Crippen molar-refractivity contribution in [3.8, 4) is 6.07 Å². The molecule has 0 amide bonds. The van der Waals surface area contributed by atoms with E-state index >= 15 is 0 Å². The Balaban J connectivity index is 1.58. The fourth-order valence-corrected chi connectivity index (χ4v) is 5.94. The first-order chi connectivity index (χ1) is 17.5. The van der Waals surface area contributed by atoms with Crippen molar-refractivity contribution in [2.75, 3.05) is 20.1 Å². The summed E-state index contributed by atoms with van der Waals surface area (Å²) in [4.78, 5) is 7.21. The molecule has 36 heavy (non-hydrogen) atoms. The number of piperidine rings is 1. The molecule has 0 unspecified atom stereocenters. The molecule has 1 saturated carbocycles. The van der Waals surface area contributed by atoms with E-state index in [0.717, 1.165) is 43.6 Å². The molecule has 4 heteroatoms. The average molecular weight is 496 g/mol. The standard InChI is InChI=1S/C32H38N3P/c1-5-23(6-2)19-31(34-4)30-20-28(22(3)18-29(30)27-8-7-9-27)32(36)35-16-14-26(15-17-35)25-12-10-24(21-33)11-13-25/h5,10-13,18-20,26-27,36H,1,6-9,14-17H2,2-4H3/b23-19+,34-31?. The van der Waals surface area contributed by atoms with Gasteiger partial charge < -0.3 is 0 Å². The Kier molecular flexibility index (Phi) is 8.73. The fourth-order valence-electron chi connectivity index (χ4n) is 5.44. The van der Waals surface area contributed by atoms with Gasteiger partial charge in [0.2, 0.25) is 0 Å². The van der Waals surface area contributed by atoms with Crippen molar-refractivity contribution in [2.45, 2.75) is 64.2 Å². The Morgan fingerprint density at radius 1 is 1.11 bits per heavy atom. The van der Waals surface area contributed by atoms with Crippen molar-refractivity contribution in [3.63, 3.8) is 0 Å². The summed E-state index contributed by atoms with van der Waals surface area (Å²) < 4.78 is 0. The number of hydrogen-bond acceptors (Lipinski definition) is 2. The Morgan fingerprint density at radius 2 is 1.81 bits per heavy atom. The first kappa shape index (κ1) is 26.3. The molecular formula is C32H38N3P. The number of benzene rings is 2. The van der Waals surface area contributed by atoms with Crippen LogP contribution in [-0.4, -0.2) is 36.2 Å². The third-order valence-electron chi connectivity index (χ3n) is 8.03. The summed E-state index contributed by atoms with van der Waals surface area (Å²) >= 11 is 0. The lowest BCUT2D eigenvalue weighted by atomic mass is 9.76. The molecule has 2 aromatic rings. The molecule has 0 radical (unpaired) electrons. The second-order valence-corrected chi connectivity index (χ2v) is 10.6. The number of aryl methyl sites for hydroxylation is 1. The average Bonchev–Trinajstić information content (AvgIpc) is 2.89. The molecule has 1 heterocycles. The number of allylic oxidation sites excluding steroid dienone is 3. The van der Waals surface area contributed by atoms with Gasteiger partial charge in [-0.25, -0.2) is 0 Å².